The van der Waals surface area contributed by atoms with Crippen LogP contribution in [0.5, 0.6) is 0 Å². The zero-order valence-electron chi connectivity index (χ0n) is 4.92. The summed E-state index contributed by atoms with van der Waals surface area (Å²) in [4.78, 5) is 10.3. The highest BCUT2D eigenvalue weighted by molar-refractivity contribution is 5.66. The number of hydrogen-bond acceptors (Lipinski definition) is 3. The Labute approximate surface area is 47.7 Å². The van der Waals surface area contributed by atoms with Crippen molar-refractivity contribution in [3.05, 3.63) is 0 Å². The van der Waals surface area contributed by atoms with Gasteiger partial charge in [0.1, 0.15) is 0 Å². The lowest BCUT2D eigenvalue weighted by Crippen LogP contribution is -2.19. The Kier molecular flexibility index (Phi) is 2.61. The summed E-state index contributed by atoms with van der Waals surface area (Å²) < 4.78 is 4.26. The maximum absolute atomic E-state index is 10.3. The van der Waals surface area contributed by atoms with Gasteiger partial charge in [-0.15, -0.1) is 0 Å². The molecule has 0 aliphatic rings. The first-order chi connectivity index (χ1) is 3.72. The minimum atomic E-state index is -0.514. The monoisotopic (exact) mass is 116 g/mol. The second-order valence-electron chi connectivity index (χ2n) is 1.14. The van der Waals surface area contributed by atoms with E-state index in [1.54, 1.807) is 0 Å². The lowest BCUT2D eigenvalue weighted by atomic mass is 11.0. The van der Waals surface area contributed by atoms with Gasteiger partial charge in [0.25, 0.3) is 0 Å². The number of rotatable bonds is 1. The Morgan fingerprint density at radius 1 is 1.88 bits per heavy atom. The summed E-state index contributed by atoms with van der Waals surface area (Å²) in [7, 11) is 2.74. The Morgan fingerprint density at radius 2 is 2.38 bits per heavy atom. The van der Waals surface area contributed by atoms with Gasteiger partial charge in [0, 0.05) is 13.8 Å². The van der Waals surface area contributed by atoms with Gasteiger partial charge in [-0.05, 0) is 0 Å². The van der Waals surface area contributed by atoms with Crippen LogP contribution in [-0.4, -0.2) is 32.0 Å². The van der Waals surface area contributed by atoms with Gasteiger partial charge >= 0.3 is 6.09 Å². The number of amides is 1. The van der Waals surface area contributed by atoms with Crippen molar-refractivity contribution in [1.82, 2.24) is 5.01 Å². The van der Waals surface area contributed by atoms with Gasteiger partial charge in [0.2, 0.25) is 0 Å². The van der Waals surface area contributed by atoms with Gasteiger partial charge in [-0.2, -0.15) is 5.10 Å². The minimum Gasteiger partial charge on any atom is -0.451 e. The van der Waals surface area contributed by atoms with Crippen molar-refractivity contribution in [3.8, 4) is 0 Å². The number of carbonyl (C=O) groups is 1. The second-order valence-corrected chi connectivity index (χ2v) is 1.14. The molecule has 1 amide bonds. The number of nitrogens with zero attached hydrogens (tertiary/aromatic N) is 2. The van der Waals surface area contributed by atoms with E-state index in [0.717, 1.165) is 5.01 Å². The summed E-state index contributed by atoms with van der Waals surface area (Å²) in [6.45, 7) is 3.10. The topological polar surface area (TPSA) is 41.9 Å². The number of ether oxygens (including phenoxy) is 1. The normalized spacial score (nSPS) is 7.75. The van der Waals surface area contributed by atoms with E-state index in [2.05, 4.69) is 16.6 Å². The van der Waals surface area contributed by atoms with E-state index in [-0.39, 0.29) is 0 Å². The fourth-order valence-electron chi connectivity index (χ4n) is 0.190. The maximum Gasteiger partial charge on any atom is 0.429 e. The molecule has 4 nitrogen and oxygen atoms in total. The minimum absolute atomic E-state index is 0.514. The van der Waals surface area contributed by atoms with Crippen LogP contribution in [0, 0.1) is 0 Å². The fourth-order valence-corrected chi connectivity index (χ4v) is 0.190. The van der Waals surface area contributed by atoms with E-state index in [1.165, 1.54) is 14.2 Å². The first-order valence-electron chi connectivity index (χ1n) is 2.00. The molecule has 0 radical (unpaired) electrons. The smallest absolute Gasteiger partial charge is 0.429 e. The highest BCUT2D eigenvalue weighted by Gasteiger charge is 2.01. The third-order valence-corrected chi connectivity index (χ3v) is 0.651. The molecule has 0 heterocycles. The van der Waals surface area contributed by atoms with Crippen LogP contribution in [0.25, 0.3) is 0 Å². The molecule has 0 bridgehead atoms. The lowest BCUT2D eigenvalue weighted by molar-refractivity contribution is 0.135. The van der Waals surface area contributed by atoms with Gasteiger partial charge in [-0.3, -0.25) is 0 Å². The largest absolute Gasteiger partial charge is 0.451 e. The number of hydrogen-bond donors (Lipinski definition) is 0. The molecule has 0 N–H and O–H groups in total. The highest BCUT2D eigenvalue weighted by atomic mass is 16.5. The van der Waals surface area contributed by atoms with Crippen LogP contribution in [-0.2, 0) is 4.74 Å². The van der Waals surface area contributed by atoms with E-state index < -0.39 is 6.09 Å². The van der Waals surface area contributed by atoms with Crippen molar-refractivity contribution >= 4 is 12.8 Å². The molecule has 0 unspecified atom stereocenters. The van der Waals surface area contributed by atoms with Gasteiger partial charge in [-0.25, -0.2) is 9.80 Å². The Bertz CT molecular complexity index is 102. The Balaban J connectivity index is 3.62. The van der Waals surface area contributed by atoms with Crippen LogP contribution < -0.4 is 0 Å². The second kappa shape index (κ2) is 3.01. The van der Waals surface area contributed by atoms with E-state index >= 15 is 0 Å². The first kappa shape index (κ1) is 6.94. The Morgan fingerprint density at radius 3 is 2.50 bits per heavy atom. The van der Waals surface area contributed by atoms with Gasteiger partial charge in [0.05, 0.1) is 7.11 Å². The molecule has 0 aromatic carbocycles. The zero-order valence-corrected chi connectivity index (χ0v) is 4.92. The molecule has 0 aromatic rings. The zero-order chi connectivity index (χ0) is 6.57. The molecule has 0 atom stereocenters. The molecule has 0 fully saturated rings. The fraction of sp³-hybridized carbons (Fsp3) is 0.500. The number of hydrazone groups is 1. The van der Waals surface area contributed by atoms with Crippen molar-refractivity contribution in [2.24, 2.45) is 5.10 Å². The van der Waals surface area contributed by atoms with Crippen LogP contribution in [0.4, 0.5) is 4.79 Å². The van der Waals surface area contributed by atoms with Crippen molar-refractivity contribution in [2.75, 3.05) is 14.2 Å². The first-order valence-corrected chi connectivity index (χ1v) is 2.00. The summed E-state index contributed by atoms with van der Waals surface area (Å²) in [6.07, 6.45) is -0.514. The predicted octanol–water partition coefficient (Wildman–Crippen LogP) is 0.300. The predicted molar refractivity (Wildman–Crippen MR) is 29.7 cm³/mol. The summed E-state index contributed by atoms with van der Waals surface area (Å²) >= 11 is 0. The molecule has 0 aliphatic heterocycles. The van der Waals surface area contributed by atoms with Gasteiger partial charge < -0.3 is 4.74 Å². The van der Waals surface area contributed by atoms with Gasteiger partial charge in [0.15, 0.2) is 0 Å². The SMILES string of the molecule is C=NN(C)C(=O)OC. The highest BCUT2D eigenvalue weighted by Crippen LogP contribution is 1.84. The van der Waals surface area contributed by atoms with Crippen molar-refractivity contribution < 1.29 is 9.53 Å². The molecule has 4 heteroatoms. The van der Waals surface area contributed by atoms with Crippen LogP contribution in [0.15, 0.2) is 5.10 Å². The summed E-state index contributed by atoms with van der Waals surface area (Å²) in [5.41, 5.74) is 0. The summed E-state index contributed by atoms with van der Waals surface area (Å²) in [5.74, 6) is 0. The third-order valence-electron chi connectivity index (χ3n) is 0.651. The molecule has 0 rings (SSSR count). The van der Waals surface area contributed by atoms with Gasteiger partial charge in [-0.1, -0.05) is 0 Å². The van der Waals surface area contributed by atoms with Crippen LogP contribution in [0.1, 0.15) is 0 Å². The number of carbonyl (C=O) groups excluding carboxylic acids is 1. The van der Waals surface area contributed by atoms with Crippen LogP contribution in [0.3, 0.4) is 0 Å². The maximum atomic E-state index is 10.3. The molecule has 46 valence electrons. The van der Waals surface area contributed by atoms with Crippen LogP contribution >= 0.6 is 0 Å². The Hall–Kier alpha value is -1.06. The summed E-state index contributed by atoms with van der Waals surface area (Å²) in [6, 6.07) is 0. The average Bonchev–Trinajstić information content (AvgIpc) is 1.84. The average molecular weight is 116 g/mol. The van der Waals surface area contributed by atoms with E-state index in [4.69, 9.17) is 0 Å². The molecule has 0 saturated carbocycles. The molecule has 0 saturated heterocycles. The standard InChI is InChI=1S/C4H8N2O2/c1-5-6(2)4(7)8-3/h1H2,2-3H3. The molecule has 0 spiro atoms. The van der Waals surface area contributed by atoms with Crippen molar-refractivity contribution in [1.29, 1.82) is 0 Å². The van der Waals surface area contributed by atoms with Crippen LogP contribution in [0.2, 0.25) is 0 Å². The molecular formula is C4H8N2O2. The van der Waals surface area contributed by atoms with E-state index in [9.17, 15) is 4.79 Å². The van der Waals surface area contributed by atoms with E-state index in [1.807, 2.05) is 0 Å². The van der Waals surface area contributed by atoms with Crippen molar-refractivity contribution in [3.63, 3.8) is 0 Å². The molecule has 0 aliphatic carbocycles. The molecule has 0 aromatic heterocycles. The van der Waals surface area contributed by atoms with E-state index in [0.29, 0.717) is 0 Å². The number of methoxy groups -OCH3 is 1. The quantitative estimate of drug-likeness (QED) is 0.365. The molecule has 8 heavy (non-hydrogen) atoms. The molecular weight excluding hydrogens is 108 g/mol. The summed E-state index contributed by atoms with van der Waals surface area (Å²) in [5, 5.41) is 4.27. The van der Waals surface area contributed by atoms with Crippen molar-refractivity contribution in [2.45, 2.75) is 0 Å². The third kappa shape index (κ3) is 1.59. The lowest BCUT2D eigenvalue weighted by Gasteiger charge is -2.05.